The van der Waals surface area contributed by atoms with E-state index in [0.29, 0.717) is 6.61 Å². The molecule has 0 spiro atoms. The van der Waals surface area contributed by atoms with Crippen molar-refractivity contribution in [1.82, 2.24) is 0 Å². The second-order valence-corrected chi connectivity index (χ2v) is 3.26. The first-order valence-electron chi connectivity index (χ1n) is 5.12. The molecular formula is C12H15O4. The van der Waals surface area contributed by atoms with Crippen molar-refractivity contribution in [2.75, 3.05) is 6.61 Å². The third kappa shape index (κ3) is 4.79. The molecule has 0 aliphatic heterocycles. The second kappa shape index (κ2) is 6.85. The van der Waals surface area contributed by atoms with Crippen molar-refractivity contribution in [3.8, 4) is 5.75 Å². The van der Waals surface area contributed by atoms with Crippen LogP contribution in [-0.2, 0) is 16.1 Å². The minimum absolute atomic E-state index is 0.250. The number of benzene rings is 1. The number of hydrogen-bond acceptors (Lipinski definition) is 3. The van der Waals surface area contributed by atoms with Gasteiger partial charge in [-0.25, -0.2) is 4.79 Å². The number of hydrogen-bond donors (Lipinski definition) is 1. The number of carbonyl (C=O) groups is 1. The third-order valence-corrected chi connectivity index (χ3v) is 1.83. The maximum atomic E-state index is 10.2. The Balaban J connectivity index is 2.36. The van der Waals surface area contributed by atoms with Gasteiger partial charge < -0.3 is 14.6 Å². The maximum Gasteiger partial charge on any atom is 0.336 e. The van der Waals surface area contributed by atoms with Crippen molar-refractivity contribution in [2.45, 2.75) is 20.0 Å². The summed E-state index contributed by atoms with van der Waals surface area (Å²) in [6.07, 6.45) is 0.971. The number of carboxylic acids is 1. The monoisotopic (exact) mass is 223 g/mol. The first-order valence-corrected chi connectivity index (χ1v) is 5.12. The zero-order valence-corrected chi connectivity index (χ0v) is 9.18. The van der Waals surface area contributed by atoms with Gasteiger partial charge in [0.25, 0.3) is 0 Å². The van der Waals surface area contributed by atoms with Crippen LogP contribution in [0.2, 0.25) is 0 Å². The Hall–Kier alpha value is -1.55. The van der Waals surface area contributed by atoms with Crippen LogP contribution in [-0.4, -0.2) is 17.7 Å². The minimum atomic E-state index is -1.08. The average molecular weight is 223 g/mol. The van der Waals surface area contributed by atoms with E-state index in [9.17, 15) is 4.79 Å². The maximum absolute atomic E-state index is 10.2. The lowest BCUT2D eigenvalue weighted by molar-refractivity contribution is -0.137. The van der Waals surface area contributed by atoms with Gasteiger partial charge in [-0.05, 0) is 24.1 Å². The Kier molecular flexibility index (Phi) is 5.36. The van der Waals surface area contributed by atoms with Gasteiger partial charge in [0.2, 0.25) is 0 Å². The molecule has 0 amide bonds. The molecule has 0 aliphatic rings. The lowest BCUT2D eigenvalue weighted by Gasteiger charge is -2.05. The Bertz CT molecular complexity index is 318. The Morgan fingerprint density at radius 3 is 2.62 bits per heavy atom. The van der Waals surface area contributed by atoms with Crippen LogP contribution in [0, 0.1) is 6.61 Å². The van der Waals surface area contributed by atoms with E-state index in [0.717, 1.165) is 24.3 Å². The molecule has 0 bridgehead atoms. The first kappa shape index (κ1) is 12.5. The van der Waals surface area contributed by atoms with Gasteiger partial charge in [0.15, 0.2) is 6.61 Å². The summed E-state index contributed by atoms with van der Waals surface area (Å²) < 4.78 is 10.2. The quantitative estimate of drug-likeness (QED) is 0.770. The smallest absolute Gasteiger partial charge is 0.336 e. The lowest BCUT2D eigenvalue weighted by Crippen LogP contribution is -2.00. The highest BCUT2D eigenvalue weighted by Crippen LogP contribution is 2.13. The van der Waals surface area contributed by atoms with Crippen molar-refractivity contribution in [3.63, 3.8) is 0 Å². The number of carboxylic acid groups (broad SMARTS) is 1. The normalized spacial score (nSPS) is 10.1. The summed E-state index contributed by atoms with van der Waals surface area (Å²) in [6, 6.07) is 7.38. The standard InChI is InChI=1S/C12H15O4/c1-2-7-16-11-5-3-10(4-6-11)8-15-9-12(13)14/h3-6,9H,2,7-8H2,1H3,(H,13,14). The molecule has 0 aromatic heterocycles. The van der Waals surface area contributed by atoms with Gasteiger partial charge in [-0.15, -0.1) is 0 Å². The van der Waals surface area contributed by atoms with Crippen LogP contribution in [0.5, 0.6) is 5.75 Å². The molecule has 1 aromatic rings. The van der Waals surface area contributed by atoms with Crippen molar-refractivity contribution in [2.24, 2.45) is 0 Å². The molecule has 87 valence electrons. The highest BCUT2D eigenvalue weighted by atomic mass is 16.5. The fourth-order valence-electron chi connectivity index (χ4n) is 1.11. The molecule has 1 radical (unpaired) electrons. The largest absolute Gasteiger partial charge is 0.494 e. The number of rotatable bonds is 7. The van der Waals surface area contributed by atoms with Gasteiger partial charge in [-0.2, -0.15) is 0 Å². The second-order valence-electron chi connectivity index (χ2n) is 3.26. The molecule has 0 saturated carbocycles. The summed E-state index contributed by atoms with van der Waals surface area (Å²) in [5.41, 5.74) is 0.904. The van der Waals surface area contributed by atoms with E-state index in [4.69, 9.17) is 14.6 Å². The van der Waals surface area contributed by atoms with E-state index in [-0.39, 0.29) is 6.61 Å². The Morgan fingerprint density at radius 1 is 1.38 bits per heavy atom. The Labute approximate surface area is 94.8 Å². The molecule has 4 heteroatoms. The van der Waals surface area contributed by atoms with E-state index < -0.39 is 5.97 Å². The summed E-state index contributed by atoms with van der Waals surface area (Å²) >= 11 is 0. The summed E-state index contributed by atoms with van der Waals surface area (Å²) in [5, 5.41) is 8.33. The van der Waals surface area contributed by atoms with E-state index in [2.05, 4.69) is 0 Å². The summed E-state index contributed by atoms with van der Waals surface area (Å²) in [6.45, 7) is 3.77. The molecule has 1 aromatic carbocycles. The SMILES string of the molecule is CCCOc1ccc(CO[CH]C(=O)O)cc1. The van der Waals surface area contributed by atoms with Crippen molar-refractivity contribution in [3.05, 3.63) is 36.4 Å². The predicted molar refractivity (Wildman–Crippen MR) is 59.0 cm³/mol. The zero-order chi connectivity index (χ0) is 11.8. The number of ether oxygens (including phenoxy) is 2. The fourth-order valence-corrected chi connectivity index (χ4v) is 1.11. The molecule has 0 saturated heterocycles. The molecule has 1 N–H and O–H groups in total. The van der Waals surface area contributed by atoms with Crippen molar-refractivity contribution in [1.29, 1.82) is 0 Å². The van der Waals surface area contributed by atoms with Crippen LogP contribution >= 0.6 is 0 Å². The molecule has 1 rings (SSSR count). The first-order chi connectivity index (χ1) is 7.72. The topological polar surface area (TPSA) is 55.8 Å². The van der Waals surface area contributed by atoms with E-state index in [1.807, 2.05) is 31.2 Å². The van der Waals surface area contributed by atoms with Crippen LogP contribution < -0.4 is 4.74 Å². The molecule has 0 aliphatic carbocycles. The Morgan fingerprint density at radius 2 is 2.06 bits per heavy atom. The van der Waals surface area contributed by atoms with E-state index in [1.54, 1.807) is 0 Å². The van der Waals surface area contributed by atoms with Gasteiger partial charge in [-0.3, -0.25) is 0 Å². The summed E-state index contributed by atoms with van der Waals surface area (Å²) in [4.78, 5) is 10.2. The van der Waals surface area contributed by atoms with Gasteiger partial charge in [0.05, 0.1) is 13.2 Å². The van der Waals surface area contributed by atoms with E-state index >= 15 is 0 Å². The lowest BCUT2D eigenvalue weighted by atomic mass is 10.2. The minimum Gasteiger partial charge on any atom is -0.494 e. The highest BCUT2D eigenvalue weighted by molar-refractivity contribution is 5.74. The number of aliphatic carboxylic acids is 1. The fraction of sp³-hybridized carbons (Fsp3) is 0.333. The van der Waals surface area contributed by atoms with Gasteiger partial charge in [0.1, 0.15) is 5.75 Å². The zero-order valence-electron chi connectivity index (χ0n) is 9.18. The van der Waals surface area contributed by atoms with Crippen LogP contribution in [0.3, 0.4) is 0 Å². The van der Waals surface area contributed by atoms with Gasteiger partial charge in [-0.1, -0.05) is 19.1 Å². The summed E-state index contributed by atoms with van der Waals surface area (Å²) in [7, 11) is 0. The molecule has 0 unspecified atom stereocenters. The van der Waals surface area contributed by atoms with Crippen LogP contribution in [0.1, 0.15) is 18.9 Å². The van der Waals surface area contributed by atoms with Gasteiger partial charge in [0, 0.05) is 0 Å². The van der Waals surface area contributed by atoms with Crippen LogP contribution in [0.25, 0.3) is 0 Å². The van der Waals surface area contributed by atoms with Gasteiger partial charge >= 0.3 is 5.97 Å². The highest BCUT2D eigenvalue weighted by Gasteiger charge is 1.99. The predicted octanol–water partition coefficient (Wildman–Crippen LogP) is 2.24. The molecule has 0 atom stereocenters. The van der Waals surface area contributed by atoms with E-state index in [1.165, 1.54) is 0 Å². The van der Waals surface area contributed by atoms with Crippen molar-refractivity contribution < 1.29 is 19.4 Å². The molecule has 4 nitrogen and oxygen atoms in total. The van der Waals surface area contributed by atoms with Crippen molar-refractivity contribution >= 4 is 5.97 Å². The third-order valence-electron chi connectivity index (χ3n) is 1.83. The van der Waals surface area contributed by atoms with Crippen LogP contribution in [0.4, 0.5) is 0 Å². The molecule has 0 heterocycles. The summed E-state index contributed by atoms with van der Waals surface area (Å²) in [5.74, 6) is -0.268. The average Bonchev–Trinajstić information content (AvgIpc) is 2.27. The molecular weight excluding hydrogens is 208 g/mol. The molecule has 16 heavy (non-hydrogen) atoms. The van der Waals surface area contributed by atoms with Crippen LogP contribution in [0.15, 0.2) is 24.3 Å². The molecule has 0 fully saturated rings.